The topological polar surface area (TPSA) is 102 Å². The first-order chi connectivity index (χ1) is 16.9. The third kappa shape index (κ3) is 4.66. The molecular weight excluding hydrogens is 446 g/mol. The molecule has 0 spiro atoms. The number of amides is 1. The van der Waals surface area contributed by atoms with Crippen molar-refractivity contribution in [1.82, 2.24) is 14.9 Å². The van der Waals surface area contributed by atoms with Crippen molar-refractivity contribution in [1.29, 1.82) is 0 Å². The van der Waals surface area contributed by atoms with E-state index in [1.807, 2.05) is 31.2 Å². The Bertz CT molecular complexity index is 1290. The van der Waals surface area contributed by atoms with Gasteiger partial charge in [0, 0.05) is 43.2 Å². The van der Waals surface area contributed by atoms with E-state index in [1.54, 1.807) is 24.0 Å². The molecule has 1 aromatic heterocycles. The number of rotatable bonds is 5. The van der Waals surface area contributed by atoms with E-state index in [0.29, 0.717) is 41.7 Å². The molecule has 0 atom stereocenters. The summed E-state index contributed by atoms with van der Waals surface area (Å²) >= 11 is 0. The summed E-state index contributed by atoms with van der Waals surface area (Å²) in [5.74, 6) is 1.52. The molecule has 1 fully saturated rings. The van der Waals surface area contributed by atoms with Gasteiger partial charge in [0.25, 0.3) is 11.6 Å². The smallest absolute Gasteiger partial charge is 0.273 e. The Hall–Kier alpha value is -4.01. The maximum Gasteiger partial charge on any atom is 0.273 e. The second-order valence-electron chi connectivity index (χ2n) is 9.10. The summed E-state index contributed by atoms with van der Waals surface area (Å²) in [6.07, 6.45) is 2.78. The van der Waals surface area contributed by atoms with Crippen LogP contribution in [0.4, 0.5) is 11.6 Å². The number of benzene rings is 2. The molecule has 5 rings (SSSR count). The van der Waals surface area contributed by atoms with Gasteiger partial charge in [-0.3, -0.25) is 14.9 Å². The number of hydrogen-bond acceptors (Lipinski definition) is 7. The molecule has 9 nitrogen and oxygen atoms in total. The Balaban J connectivity index is 1.47. The van der Waals surface area contributed by atoms with Gasteiger partial charge in [-0.15, -0.1) is 0 Å². The Morgan fingerprint density at radius 2 is 1.77 bits per heavy atom. The van der Waals surface area contributed by atoms with Crippen molar-refractivity contribution in [3.63, 3.8) is 0 Å². The monoisotopic (exact) mass is 473 g/mol. The number of aryl methyl sites for hydroxylation is 2. The Morgan fingerprint density at radius 1 is 1.03 bits per heavy atom. The largest absolute Gasteiger partial charge is 0.438 e. The fourth-order valence-corrected chi connectivity index (χ4v) is 4.53. The van der Waals surface area contributed by atoms with Crippen LogP contribution in [0, 0.1) is 24.0 Å². The van der Waals surface area contributed by atoms with E-state index in [0.717, 1.165) is 42.8 Å². The number of nitro benzene ring substituents is 1. The van der Waals surface area contributed by atoms with Crippen molar-refractivity contribution in [2.75, 3.05) is 24.5 Å². The van der Waals surface area contributed by atoms with Gasteiger partial charge in [0.1, 0.15) is 5.75 Å². The number of carbonyl (C=O) groups excluding carboxylic acids is 1. The second-order valence-corrected chi connectivity index (χ2v) is 9.10. The van der Waals surface area contributed by atoms with E-state index in [2.05, 4.69) is 4.90 Å². The van der Waals surface area contributed by atoms with Crippen molar-refractivity contribution in [3.05, 3.63) is 80.5 Å². The van der Waals surface area contributed by atoms with Crippen LogP contribution in [0.25, 0.3) is 0 Å². The van der Waals surface area contributed by atoms with Crippen LogP contribution in [0.5, 0.6) is 11.6 Å². The molecule has 180 valence electrons. The van der Waals surface area contributed by atoms with Crippen molar-refractivity contribution < 1.29 is 14.5 Å². The highest BCUT2D eigenvalue weighted by Gasteiger charge is 2.29. The van der Waals surface area contributed by atoms with E-state index in [9.17, 15) is 14.9 Å². The molecule has 0 bridgehead atoms. The van der Waals surface area contributed by atoms with Gasteiger partial charge in [-0.1, -0.05) is 23.8 Å². The predicted molar refractivity (Wildman–Crippen MR) is 131 cm³/mol. The number of fused-ring (bicyclic) bond motifs is 1. The number of anilines is 1. The van der Waals surface area contributed by atoms with Crippen LogP contribution in [-0.2, 0) is 13.0 Å². The van der Waals surface area contributed by atoms with E-state index >= 15 is 0 Å². The van der Waals surface area contributed by atoms with Crippen LogP contribution >= 0.6 is 0 Å². The summed E-state index contributed by atoms with van der Waals surface area (Å²) in [4.78, 5) is 37.6. The van der Waals surface area contributed by atoms with Crippen LogP contribution in [0.3, 0.4) is 0 Å². The number of ether oxygens (including phenoxy) is 1. The summed E-state index contributed by atoms with van der Waals surface area (Å²) in [5, 5.41) is 11.4. The molecule has 0 unspecified atom stereocenters. The summed E-state index contributed by atoms with van der Waals surface area (Å²) < 4.78 is 6.23. The Kier molecular flexibility index (Phi) is 6.07. The van der Waals surface area contributed by atoms with Gasteiger partial charge in [0.05, 0.1) is 22.7 Å². The quantitative estimate of drug-likeness (QED) is 0.394. The molecule has 0 N–H and O–H groups in total. The Morgan fingerprint density at radius 3 is 2.49 bits per heavy atom. The van der Waals surface area contributed by atoms with E-state index in [-0.39, 0.29) is 18.1 Å². The lowest BCUT2D eigenvalue weighted by atomic mass is 10.0. The third-order valence-corrected chi connectivity index (χ3v) is 6.57. The van der Waals surface area contributed by atoms with Crippen molar-refractivity contribution >= 4 is 17.5 Å². The van der Waals surface area contributed by atoms with Gasteiger partial charge in [-0.25, -0.2) is 4.98 Å². The van der Waals surface area contributed by atoms with Crippen molar-refractivity contribution in [2.45, 2.75) is 39.7 Å². The molecule has 3 heterocycles. The molecule has 0 aliphatic carbocycles. The molecule has 3 aromatic rings. The molecule has 9 heteroatoms. The first kappa shape index (κ1) is 22.8. The normalized spacial score (nSPS) is 15.1. The van der Waals surface area contributed by atoms with Gasteiger partial charge in [-0.2, -0.15) is 4.98 Å². The van der Waals surface area contributed by atoms with Crippen LogP contribution in [-0.4, -0.2) is 45.3 Å². The van der Waals surface area contributed by atoms with Gasteiger partial charge in [-0.05, 0) is 44.9 Å². The molecule has 0 radical (unpaired) electrons. The van der Waals surface area contributed by atoms with Crippen LogP contribution in [0.2, 0.25) is 0 Å². The molecular formula is C26H27N5O4. The van der Waals surface area contributed by atoms with Crippen LogP contribution < -0.4 is 9.64 Å². The minimum atomic E-state index is -0.459. The number of nitrogens with zero attached hydrogens (tertiary/aromatic N) is 5. The number of hydrogen-bond donors (Lipinski definition) is 0. The highest BCUT2D eigenvalue weighted by Crippen LogP contribution is 2.33. The number of carbonyl (C=O) groups is 1. The molecule has 2 aliphatic heterocycles. The number of aromatic nitrogens is 2. The first-order valence-corrected chi connectivity index (χ1v) is 11.8. The summed E-state index contributed by atoms with van der Waals surface area (Å²) in [6.45, 7) is 6.25. The minimum Gasteiger partial charge on any atom is -0.438 e. The highest BCUT2D eigenvalue weighted by molar-refractivity contribution is 5.95. The van der Waals surface area contributed by atoms with Gasteiger partial charge in [0.2, 0.25) is 11.8 Å². The van der Waals surface area contributed by atoms with Crippen molar-refractivity contribution in [2.24, 2.45) is 0 Å². The fraction of sp³-hybridized carbons (Fsp3) is 0.346. The average molecular weight is 474 g/mol. The van der Waals surface area contributed by atoms with E-state index in [4.69, 9.17) is 14.7 Å². The molecule has 1 amide bonds. The first-order valence-electron chi connectivity index (χ1n) is 11.8. The van der Waals surface area contributed by atoms with Gasteiger partial charge < -0.3 is 14.5 Å². The zero-order valence-electron chi connectivity index (χ0n) is 19.9. The summed E-state index contributed by atoms with van der Waals surface area (Å²) in [6, 6.07) is 12.4. The lowest BCUT2D eigenvalue weighted by Crippen LogP contribution is -2.37. The second kappa shape index (κ2) is 9.32. The van der Waals surface area contributed by atoms with Crippen LogP contribution in [0.15, 0.2) is 42.5 Å². The number of nitro groups is 1. The molecule has 2 aromatic carbocycles. The van der Waals surface area contributed by atoms with Crippen LogP contribution in [0.1, 0.15) is 45.6 Å². The minimum absolute atomic E-state index is 0.0600. The zero-order chi connectivity index (χ0) is 24.5. The summed E-state index contributed by atoms with van der Waals surface area (Å²) in [7, 11) is 0. The van der Waals surface area contributed by atoms with E-state index < -0.39 is 4.92 Å². The molecule has 2 aliphatic rings. The van der Waals surface area contributed by atoms with Crippen molar-refractivity contribution in [3.8, 4) is 11.6 Å². The lowest BCUT2D eigenvalue weighted by Gasteiger charge is -2.30. The highest BCUT2D eigenvalue weighted by atomic mass is 16.6. The van der Waals surface area contributed by atoms with Gasteiger partial charge in [0.15, 0.2) is 0 Å². The lowest BCUT2D eigenvalue weighted by molar-refractivity contribution is -0.385. The summed E-state index contributed by atoms with van der Waals surface area (Å²) in [5.41, 5.74) is 3.53. The standard InChI is InChI=1S/C26H27N5O4/c1-17-5-9-20(10-6-17)35-24-21-16-30(25(32)19-8-7-18(2)23(15-19)31(33)34)14-11-22(21)27-26(28-24)29-12-3-4-13-29/h5-10,15H,3-4,11-14,16H2,1-2H3. The fourth-order valence-electron chi connectivity index (χ4n) is 4.53. The predicted octanol–water partition coefficient (Wildman–Crippen LogP) is 4.59. The third-order valence-electron chi connectivity index (χ3n) is 6.57. The maximum absolute atomic E-state index is 13.3. The SMILES string of the molecule is Cc1ccc(Oc2nc(N3CCCC3)nc3c2CN(C(=O)c2ccc(C)c([N+](=O)[O-])c2)CC3)cc1. The molecule has 35 heavy (non-hydrogen) atoms. The Labute approximate surface area is 203 Å². The zero-order valence-corrected chi connectivity index (χ0v) is 19.9. The maximum atomic E-state index is 13.3. The van der Waals surface area contributed by atoms with Gasteiger partial charge >= 0.3 is 0 Å². The van der Waals surface area contributed by atoms with E-state index in [1.165, 1.54) is 6.07 Å². The average Bonchev–Trinajstić information content (AvgIpc) is 3.40. The molecule has 1 saturated heterocycles. The molecule has 0 saturated carbocycles.